The number of carbonyl (C=O) groups is 1. The fourth-order valence-corrected chi connectivity index (χ4v) is 2.08. The Hall–Kier alpha value is -3.22. The lowest BCUT2D eigenvalue weighted by atomic mass is 10.2. The van der Waals surface area contributed by atoms with Gasteiger partial charge in [0, 0.05) is 5.69 Å². The highest BCUT2D eigenvalue weighted by Crippen LogP contribution is 2.09. The van der Waals surface area contributed by atoms with Crippen molar-refractivity contribution in [2.75, 3.05) is 5.32 Å². The Morgan fingerprint density at radius 1 is 1.12 bits per heavy atom. The predicted octanol–water partition coefficient (Wildman–Crippen LogP) is 3.21. The van der Waals surface area contributed by atoms with E-state index in [-0.39, 0.29) is 12.4 Å². The van der Waals surface area contributed by atoms with Crippen LogP contribution in [0.5, 0.6) is 0 Å². The maximum absolute atomic E-state index is 12.8. The Morgan fingerprint density at radius 3 is 2.62 bits per heavy atom. The van der Waals surface area contributed by atoms with Gasteiger partial charge in [-0.3, -0.25) is 5.32 Å². The van der Waals surface area contributed by atoms with Crippen LogP contribution < -0.4 is 5.32 Å². The smallest absolute Gasteiger partial charge is 0.412 e. The van der Waals surface area contributed by atoms with Gasteiger partial charge in [0.1, 0.15) is 18.1 Å². The highest BCUT2D eigenvalue weighted by atomic mass is 19.1. The van der Waals surface area contributed by atoms with Crippen molar-refractivity contribution in [2.45, 2.75) is 13.2 Å². The van der Waals surface area contributed by atoms with Crippen LogP contribution in [-0.2, 0) is 17.9 Å². The van der Waals surface area contributed by atoms with Crippen LogP contribution in [0.3, 0.4) is 0 Å². The SMILES string of the molecule is O=C(Nc1ccc(F)cc1)OCc1cn(Cc2ccccc2)nn1. The minimum Gasteiger partial charge on any atom is -0.443 e. The Balaban J connectivity index is 1.50. The van der Waals surface area contributed by atoms with Crippen LogP contribution in [0.25, 0.3) is 0 Å². The fourth-order valence-electron chi connectivity index (χ4n) is 2.08. The summed E-state index contributed by atoms with van der Waals surface area (Å²) in [5, 5.41) is 10.5. The average molecular weight is 326 g/mol. The summed E-state index contributed by atoms with van der Waals surface area (Å²) in [7, 11) is 0. The molecule has 3 aromatic rings. The van der Waals surface area contributed by atoms with Gasteiger partial charge in [-0.2, -0.15) is 0 Å². The second kappa shape index (κ2) is 7.36. The van der Waals surface area contributed by atoms with Gasteiger partial charge in [-0.15, -0.1) is 5.10 Å². The fraction of sp³-hybridized carbons (Fsp3) is 0.118. The number of anilines is 1. The van der Waals surface area contributed by atoms with Gasteiger partial charge in [-0.1, -0.05) is 35.5 Å². The summed E-state index contributed by atoms with van der Waals surface area (Å²) < 4.78 is 19.5. The van der Waals surface area contributed by atoms with E-state index in [1.807, 2.05) is 30.3 Å². The summed E-state index contributed by atoms with van der Waals surface area (Å²) in [6, 6.07) is 15.3. The van der Waals surface area contributed by atoms with Crippen molar-refractivity contribution < 1.29 is 13.9 Å². The van der Waals surface area contributed by atoms with Gasteiger partial charge in [0.05, 0.1) is 12.7 Å². The highest BCUT2D eigenvalue weighted by Gasteiger charge is 2.07. The molecular weight excluding hydrogens is 311 g/mol. The van der Waals surface area contributed by atoms with Crippen LogP contribution in [0, 0.1) is 5.82 Å². The van der Waals surface area contributed by atoms with Crippen molar-refractivity contribution in [3.63, 3.8) is 0 Å². The molecule has 0 bridgehead atoms. The maximum atomic E-state index is 12.8. The Bertz CT molecular complexity index is 803. The van der Waals surface area contributed by atoms with E-state index in [9.17, 15) is 9.18 Å². The Kier molecular flexibility index (Phi) is 4.81. The van der Waals surface area contributed by atoms with E-state index in [4.69, 9.17) is 4.74 Å². The summed E-state index contributed by atoms with van der Waals surface area (Å²) in [5.74, 6) is -0.371. The zero-order valence-electron chi connectivity index (χ0n) is 12.7. The molecule has 1 heterocycles. The summed E-state index contributed by atoms with van der Waals surface area (Å²) in [4.78, 5) is 11.7. The molecule has 0 unspecified atom stereocenters. The number of halogens is 1. The van der Waals surface area contributed by atoms with Gasteiger partial charge in [-0.05, 0) is 29.8 Å². The number of aromatic nitrogens is 3. The van der Waals surface area contributed by atoms with Gasteiger partial charge in [0.2, 0.25) is 0 Å². The van der Waals surface area contributed by atoms with E-state index in [1.165, 1.54) is 24.3 Å². The first-order valence-electron chi connectivity index (χ1n) is 7.31. The molecule has 0 fully saturated rings. The summed E-state index contributed by atoms with van der Waals surface area (Å²) in [5.41, 5.74) is 2.10. The van der Waals surface area contributed by atoms with Gasteiger partial charge in [-0.25, -0.2) is 13.9 Å². The van der Waals surface area contributed by atoms with Crippen molar-refractivity contribution in [3.05, 3.63) is 77.9 Å². The number of amides is 1. The monoisotopic (exact) mass is 326 g/mol. The van der Waals surface area contributed by atoms with Crippen molar-refractivity contribution in [2.24, 2.45) is 0 Å². The van der Waals surface area contributed by atoms with Crippen LogP contribution in [0.2, 0.25) is 0 Å². The number of ether oxygens (including phenoxy) is 1. The van der Waals surface area contributed by atoms with Crippen LogP contribution in [0.1, 0.15) is 11.3 Å². The molecule has 0 saturated heterocycles. The average Bonchev–Trinajstić information content (AvgIpc) is 3.03. The number of rotatable bonds is 5. The largest absolute Gasteiger partial charge is 0.443 e. The molecule has 122 valence electrons. The lowest BCUT2D eigenvalue weighted by Crippen LogP contribution is -2.13. The van der Waals surface area contributed by atoms with E-state index in [0.717, 1.165) is 5.56 Å². The summed E-state index contributed by atoms with van der Waals surface area (Å²) >= 11 is 0. The Labute approximate surface area is 137 Å². The normalized spacial score (nSPS) is 10.4. The van der Waals surface area contributed by atoms with Gasteiger partial charge >= 0.3 is 6.09 Å². The molecule has 0 aliphatic rings. The molecule has 2 aromatic carbocycles. The first-order chi connectivity index (χ1) is 11.7. The molecule has 3 rings (SSSR count). The number of nitrogens with one attached hydrogen (secondary N) is 1. The standard InChI is InChI=1S/C17H15FN4O2/c18-14-6-8-15(9-7-14)19-17(23)24-12-16-11-22(21-20-16)10-13-4-2-1-3-5-13/h1-9,11H,10,12H2,(H,19,23). The highest BCUT2D eigenvalue weighted by molar-refractivity contribution is 5.84. The predicted molar refractivity (Wildman–Crippen MR) is 85.8 cm³/mol. The van der Waals surface area contributed by atoms with Crippen LogP contribution in [0.15, 0.2) is 60.8 Å². The summed E-state index contributed by atoms with van der Waals surface area (Å²) in [6.07, 6.45) is 1.08. The second-order valence-corrected chi connectivity index (χ2v) is 5.10. The van der Waals surface area contributed by atoms with Gasteiger partial charge in [0.25, 0.3) is 0 Å². The summed E-state index contributed by atoms with van der Waals surface area (Å²) in [6.45, 7) is 0.595. The maximum Gasteiger partial charge on any atom is 0.412 e. The molecule has 1 N–H and O–H groups in total. The van der Waals surface area contributed by atoms with E-state index >= 15 is 0 Å². The van der Waals surface area contributed by atoms with E-state index in [1.54, 1.807) is 10.9 Å². The van der Waals surface area contributed by atoms with Gasteiger partial charge in [0.15, 0.2) is 0 Å². The van der Waals surface area contributed by atoms with Crippen LogP contribution in [-0.4, -0.2) is 21.1 Å². The molecule has 0 saturated carbocycles. The molecule has 6 nitrogen and oxygen atoms in total. The van der Waals surface area contributed by atoms with Crippen molar-refractivity contribution >= 4 is 11.8 Å². The number of hydrogen-bond acceptors (Lipinski definition) is 4. The van der Waals surface area contributed by atoms with Crippen LogP contribution in [0.4, 0.5) is 14.9 Å². The van der Waals surface area contributed by atoms with E-state index in [2.05, 4.69) is 15.6 Å². The number of hydrogen-bond donors (Lipinski definition) is 1. The zero-order chi connectivity index (χ0) is 16.8. The van der Waals surface area contributed by atoms with E-state index < -0.39 is 6.09 Å². The molecule has 0 aliphatic heterocycles. The molecule has 1 aromatic heterocycles. The molecule has 0 radical (unpaired) electrons. The second-order valence-electron chi connectivity index (χ2n) is 5.10. The minimum absolute atomic E-state index is 0.00180. The first-order valence-corrected chi connectivity index (χ1v) is 7.31. The lowest BCUT2D eigenvalue weighted by Gasteiger charge is -2.05. The third kappa shape index (κ3) is 4.39. The minimum atomic E-state index is -0.640. The quantitative estimate of drug-likeness (QED) is 0.781. The molecule has 1 amide bonds. The van der Waals surface area contributed by atoms with Gasteiger partial charge < -0.3 is 4.74 Å². The van der Waals surface area contributed by atoms with Crippen molar-refractivity contribution in [3.8, 4) is 0 Å². The number of carbonyl (C=O) groups excluding carboxylic acids is 1. The van der Waals surface area contributed by atoms with E-state index in [0.29, 0.717) is 17.9 Å². The molecule has 24 heavy (non-hydrogen) atoms. The number of benzene rings is 2. The third-order valence-corrected chi connectivity index (χ3v) is 3.22. The Morgan fingerprint density at radius 2 is 1.88 bits per heavy atom. The zero-order valence-corrected chi connectivity index (χ0v) is 12.7. The molecule has 0 spiro atoms. The van der Waals surface area contributed by atoms with Crippen LogP contribution >= 0.6 is 0 Å². The lowest BCUT2D eigenvalue weighted by molar-refractivity contribution is 0.153. The third-order valence-electron chi connectivity index (χ3n) is 3.22. The molecule has 7 heteroatoms. The first kappa shape index (κ1) is 15.7. The number of nitrogens with zero attached hydrogens (tertiary/aromatic N) is 3. The molecule has 0 aliphatic carbocycles. The molecular formula is C17H15FN4O2. The van der Waals surface area contributed by atoms with Crippen molar-refractivity contribution in [1.29, 1.82) is 0 Å². The van der Waals surface area contributed by atoms with Crippen molar-refractivity contribution in [1.82, 2.24) is 15.0 Å². The topological polar surface area (TPSA) is 69.0 Å². The molecule has 0 atom stereocenters.